The molecule has 0 rings (SSSR count). The Morgan fingerprint density at radius 3 is 0.955 bits per heavy atom. The lowest BCUT2D eigenvalue weighted by atomic mass is 10.0. The lowest BCUT2D eigenvalue weighted by molar-refractivity contribution is -0.870. The van der Waals surface area contributed by atoms with Crippen molar-refractivity contribution in [1.29, 1.82) is 0 Å². The number of quaternary nitrogens is 1. The quantitative estimate of drug-likeness (QED) is 0.0211. The van der Waals surface area contributed by atoms with E-state index in [4.69, 9.17) is 18.5 Å². The third kappa shape index (κ3) is 74.4. The summed E-state index contributed by atoms with van der Waals surface area (Å²) in [6.07, 6.45) is 94.7. The number of carbonyl (C=O) groups is 2. The number of hydrogen-bond acceptors (Lipinski definition) is 7. The van der Waals surface area contributed by atoms with Crippen molar-refractivity contribution in [2.75, 3.05) is 47.5 Å². The number of allylic oxidation sites excluding steroid dienone is 12. The van der Waals surface area contributed by atoms with Gasteiger partial charge in [-0.3, -0.25) is 18.6 Å². The van der Waals surface area contributed by atoms with Gasteiger partial charge in [0.15, 0.2) is 6.10 Å². The molecule has 0 heterocycles. The molecule has 0 saturated heterocycles. The summed E-state index contributed by atoms with van der Waals surface area (Å²) in [5.74, 6) is -0.775. The van der Waals surface area contributed by atoms with Crippen molar-refractivity contribution in [1.82, 2.24) is 0 Å². The Labute approximate surface area is 552 Å². The van der Waals surface area contributed by atoms with Gasteiger partial charge in [-0.1, -0.05) is 363 Å². The molecule has 0 fully saturated rings. The first-order valence-electron chi connectivity index (χ1n) is 38.2. The number of rotatable bonds is 71. The van der Waals surface area contributed by atoms with Crippen LogP contribution in [0.15, 0.2) is 72.9 Å². The number of unbranched alkanes of at least 4 members (excludes halogenated alkanes) is 45. The minimum Gasteiger partial charge on any atom is -0.462 e. The van der Waals surface area contributed by atoms with E-state index in [1.165, 1.54) is 263 Å². The minimum absolute atomic E-state index is 0.0341. The normalized spacial score (nSPS) is 13.5. The molecule has 10 heteroatoms. The van der Waals surface area contributed by atoms with Crippen LogP contribution in [0.1, 0.15) is 367 Å². The van der Waals surface area contributed by atoms with Crippen molar-refractivity contribution >= 4 is 19.8 Å². The van der Waals surface area contributed by atoms with Gasteiger partial charge < -0.3 is 18.9 Å². The summed E-state index contributed by atoms with van der Waals surface area (Å²) < 4.78 is 34.8. The van der Waals surface area contributed by atoms with Gasteiger partial charge in [-0.05, 0) is 64.2 Å². The average Bonchev–Trinajstić information content (AvgIpc) is 3.60. The maximum Gasteiger partial charge on any atom is 0.472 e. The van der Waals surface area contributed by atoms with E-state index in [-0.39, 0.29) is 25.6 Å². The molecule has 0 aromatic heterocycles. The third-order valence-electron chi connectivity index (χ3n) is 17.0. The minimum atomic E-state index is -4.39. The van der Waals surface area contributed by atoms with E-state index in [1.54, 1.807) is 0 Å². The standard InChI is InChI=1S/C79H146NO8P/c1-6-8-10-12-14-16-18-20-22-24-26-28-30-32-33-34-35-36-37-38-39-40-41-42-43-44-45-46-47-48-50-52-54-56-58-60-62-64-66-68-70-72-79(82)88-77(76-87-89(83,84)86-74-73-80(3,4)5)75-85-78(81)71-69-67-65-63-61-59-57-55-53-51-49-31-29-27-25-23-21-19-17-15-13-11-9-7-2/h8,10,14,16,20,22,26,28,32-33,35-36,77H,6-7,9,11-13,15,17-19,21,23-25,27,29-31,34,37-76H2,1-5H3/p+1/b10-8-,16-14-,22-20-,28-26-,33-32-,36-35-. The second-order valence-corrected chi connectivity index (χ2v) is 28.5. The summed E-state index contributed by atoms with van der Waals surface area (Å²) >= 11 is 0. The first kappa shape index (κ1) is 86.5. The highest BCUT2D eigenvalue weighted by Crippen LogP contribution is 2.43. The van der Waals surface area contributed by atoms with E-state index in [0.717, 1.165) is 70.6 Å². The summed E-state index contributed by atoms with van der Waals surface area (Å²) in [5.41, 5.74) is 0. The van der Waals surface area contributed by atoms with Gasteiger partial charge >= 0.3 is 19.8 Å². The second kappa shape index (κ2) is 69.8. The Bertz CT molecular complexity index is 1730. The lowest BCUT2D eigenvalue weighted by Gasteiger charge is -2.24. The fourth-order valence-electron chi connectivity index (χ4n) is 11.2. The van der Waals surface area contributed by atoms with Gasteiger partial charge in [0.25, 0.3) is 0 Å². The topological polar surface area (TPSA) is 108 Å². The number of nitrogens with zero attached hydrogens (tertiary/aromatic N) is 1. The number of ether oxygens (including phenoxy) is 2. The maximum atomic E-state index is 12.9. The zero-order valence-corrected chi connectivity index (χ0v) is 60.3. The molecule has 0 radical (unpaired) electrons. The van der Waals surface area contributed by atoms with Crippen LogP contribution >= 0.6 is 7.82 Å². The maximum absolute atomic E-state index is 12.9. The van der Waals surface area contributed by atoms with Crippen LogP contribution in [0.2, 0.25) is 0 Å². The highest BCUT2D eigenvalue weighted by atomic mass is 31.2. The summed E-state index contributed by atoms with van der Waals surface area (Å²) in [4.78, 5) is 35.9. The van der Waals surface area contributed by atoms with Crippen LogP contribution in [0.25, 0.3) is 0 Å². The molecule has 0 saturated carbocycles. The molecule has 9 nitrogen and oxygen atoms in total. The van der Waals surface area contributed by atoms with E-state index >= 15 is 0 Å². The number of likely N-dealkylation sites (N-methyl/N-ethyl adjacent to an activating group) is 1. The van der Waals surface area contributed by atoms with Gasteiger partial charge in [-0.25, -0.2) is 4.57 Å². The molecule has 0 aliphatic carbocycles. The lowest BCUT2D eigenvalue weighted by Crippen LogP contribution is -2.37. The molecule has 2 atom stereocenters. The van der Waals surface area contributed by atoms with E-state index < -0.39 is 26.5 Å². The zero-order valence-electron chi connectivity index (χ0n) is 59.4. The van der Waals surface area contributed by atoms with Gasteiger partial charge in [-0.15, -0.1) is 0 Å². The molecular formula is C79H147NO8P+. The van der Waals surface area contributed by atoms with Crippen molar-refractivity contribution in [2.45, 2.75) is 373 Å². The number of carbonyl (C=O) groups excluding carboxylic acids is 2. The predicted octanol–water partition coefficient (Wildman–Crippen LogP) is 25.1. The summed E-state index contributed by atoms with van der Waals surface area (Å²) in [7, 11) is 1.50. The van der Waals surface area contributed by atoms with Crippen molar-refractivity contribution < 1.29 is 42.1 Å². The average molecular weight is 1270 g/mol. The highest BCUT2D eigenvalue weighted by molar-refractivity contribution is 7.47. The Morgan fingerprint density at radius 2 is 0.640 bits per heavy atom. The number of esters is 2. The summed E-state index contributed by atoms with van der Waals surface area (Å²) in [6.45, 7) is 4.39. The molecule has 0 aromatic carbocycles. The van der Waals surface area contributed by atoms with E-state index in [9.17, 15) is 19.0 Å². The zero-order chi connectivity index (χ0) is 64.8. The van der Waals surface area contributed by atoms with Gasteiger partial charge in [0, 0.05) is 12.8 Å². The number of hydrogen-bond donors (Lipinski definition) is 1. The van der Waals surface area contributed by atoms with E-state index in [0.29, 0.717) is 23.9 Å². The molecule has 2 unspecified atom stereocenters. The Hall–Kier alpha value is -2.55. The molecule has 89 heavy (non-hydrogen) atoms. The fraction of sp³-hybridized carbons (Fsp3) is 0.823. The largest absolute Gasteiger partial charge is 0.472 e. The second-order valence-electron chi connectivity index (χ2n) is 27.0. The number of phosphoric acid groups is 1. The molecule has 0 aromatic rings. The third-order valence-corrected chi connectivity index (χ3v) is 18.0. The Morgan fingerprint density at radius 1 is 0.360 bits per heavy atom. The summed E-state index contributed by atoms with van der Waals surface area (Å²) in [5, 5.41) is 0. The molecule has 0 aliphatic heterocycles. The van der Waals surface area contributed by atoms with Crippen LogP contribution < -0.4 is 0 Å². The molecule has 0 bridgehead atoms. The number of phosphoric ester groups is 1. The molecular weight excluding hydrogens is 1120 g/mol. The highest BCUT2D eigenvalue weighted by Gasteiger charge is 2.27. The van der Waals surface area contributed by atoms with Crippen LogP contribution in [0, 0.1) is 0 Å². The SMILES string of the molecule is CC/C=C\C/C=C\C/C=C\C/C=C\C/C=C\C/C=C\CCCCCCCCCCCCCCCCCCCCCCCCC(=O)OC(COC(=O)CCCCCCCCCCCCCCCCCCCCCCCCCC)COP(=O)(O)OCC[N+](C)(C)C. The molecule has 0 amide bonds. The van der Waals surface area contributed by atoms with Crippen molar-refractivity contribution in [3.63, 3.8) is 0 Å². The predicted molar refractivity (Wildman–Crippen MR) is 386 cm³/mol. The monoisotopic (exact) mass is 1270 g/mol. The van der Waals surface area contributed by atoms with Crippen LogP contribution in [-0.2, 0) is 32.7 Å². The van der Waals surface area contributed by atoms with Gasteiger partial charge in [0.05, 0.1) is 27.7 Å². The van der Waals surface area contributed by atoms with Crippen LogP contribution in [0.3, 0.4) is 0 Å². The Kier molecular flexibility index (Phi) is 67.8. The van der Waals surface area contributed by atoms with Crippen molar-refractivity contribution in [3.05, 3.63) is 72.9 Å². The van der Waals surface area contributed by atoms with Crippen LogP contribution in [0.4, 0.5) is 0 Å². The first-order valence-corrected chi connectivity index (χ1v) is 39.7. The summed E-state index contributed by atoms with van der Waals surface area (Å²) in [6, 6.07) is 0. The van der Waals surface area contributed by atoms with Crippen molar-refractivity contribution in [3.8, 4) is 0 Å². The molecule has 0 aliphatic rings. The van der Waals surface area contributed by atoms with E-state index in [2.05, 4.69) is 86.8 Å². The smallest absolute Gasteiger partial charge is 0.462 e. The van der Waals surface area contributed by atoms with Gasteiger partial charge in [-0.2, -0.15) is 0 Å². The Balaban J connectivity index is 3.92. The van der Waals surface area contributed by atoms with Gasteiger partial charge in [0.2, 0.25) is 0 Å². The molecule has 0 spiro atoms. The van der Waals surface area contributed by atoms with Crippen LogP contribution in [0.5, 0.6) is 0 Å². The van der Waals surface area contributed by atoms with Crippen LogP contribution in [-0.4, -0.2) is 74.9 Å². The molecule has 520 valence electrons. The van der Waals surface area contributed by atoms with Crippen molar-refractivity contribution in [2.24, 2.45) is 0 Å². The molecule has 1 N–H and O–H groups in total. The first-order chi connectivity index (χ1) is 43.5. The van der Waals surface area contributed by atoms with Gasteiger partial charge in [0.1, 0.15) is 19.8 Å². The van der Waals surface area contributed by atoms with E-state index in [1.807, 2.05) is 21.1 Å². The fourth-order valence-corrected chi connectivity index (χ4v) is 11.9.